The molecule has 0 bridgehead atoms. The standard InChI is InChI=1S/C17H26N4O2/c1-3-4-14-19-12(2)9-15(20-14)21-7-5-17(6-8-21)10-13(16(22)23)18-11-17/h9,13,18H,3-8,10-11H2,1-2H3,(H,22,23). The van der Waals surface area contributed by atoms with Crippen molar-refractivity contribution in [1.82, 2.24) is 15.3 Å². The van der Waals surface area contributed by atoms with E-state index in [-0.39, 0.29) is 11.5 Å². The number of hydrogen-bond donors (Lipinski definition) is 2. The van der Waals surface area contributed by atoms with Crippen LogP contribution in [0.25, 0.3) is 0 Å². The largest absolute Gasteiger partial charge is 0.480 e. The Kier molecular flexibility index (Phi) is 4.53. The molecule has 2 aliphatic rings. The molecule has 2 aliphatic heterocycles. The van der Waals surface area contributed by atoms with Gasteiger partial charge in [0.15, 0.2) is 0 Å². The van der Waals surface area contributed by atoms with Crippen LogP contribution in [0, 0.1) is 12.3 Å². The molecule has 0 aliphatic carbocycles. The fourth-order valence-electron chi connectivity index (χ4n) is 3.79. The highest BCUT2D eigenvalue weighted by molar-refractivity contribution is 5.74. The Morgan fingerprint density at radius 3 is 2.78 bits per heavy atom. The first kappa shape index (κ1) is 16.2. The summed E-state index contributed by atoms with van der Waals surface area (Å²) in [6, 6.07) is 1.68. The van der Waals surface area contributed by atoms with E-state index in [9.17, 15) is 9.90 Å². The molecule has 0 amide bonds. The van der Waals surface area contributed by atoms with Crippen LogP contribution in [0.5, 0.6) is 0 Å². The summed E-state index contributed by atoms with van der Waals surface area (Å²) < 4.78 is 0. The predicted molar refractivity (Wildman–Crippen MR) is 88.7 cm³/mol. The van der Waals surface area contributed by atoms with E-state index >= 15 is 0 Å². The van der Waals surface area contributed by atoms with Gasteiger partial charge in [0.1, 0.15) is 17.7 Å². The zero-order chi connectivity index (χ0) is 16.4. The highest BCUT2D eigenvalue weighted by atomic mass is 16.4. The van der Waals surface area contributed by atoms with Crippen LogP contribution in [-0.4, -0.2) is 46.7 Å². The summed E-state index contributed by atoms with van der Waals surface area (Å²) in [4.78, 5) is 22.7. The molecule has 126 valence electrons. The highest BCUT2D eigenvalue weighted by Gasteiger charge is 2.43. The van der Waals surface area contributed by atoms with Crippen molar-refractivity contribution in [2.24, 2.45) is 5.41 Å². The van der Waals surface area contributed by atoms with E-state index in [2.05, 4.69) is 28.2 Å². The molecule has 6 nitrogen and oxygen atoms in total. The molecule has 1 aromatic rings. The molecule has 1 unspecified atom stereocenters. The molecule has 0 saturated carbocycles. The second kappa shape index (κ2) is 6.43. The van der Waals surface area contributed by atoms with Gasteiger partial charge in [0.2, 0.25) is 0 Å². The number of carbonyl (C=O) groups is 1. The number of nitrogens with zero attached hydrogens (tertiary/aromatic N) is 3. The van der Waals surface area contributed by atoms with Gasteiger partial charge in [0.05, 0.1) is 0 Å². The number of piperidine rings is 1. The molecular weight excluding hydrogens is 292 g/mol. The number of carboxylic acids is 1. The normalized spacial score (nSPS) is 23.4. The Balaban J connectivity index is 1.66. The van der Waals surface area contributed by atoms with Crippen LogP contribution < -0.4 is 10.2 Å². The second-order valence-corrected chi connectivity index (χ2v) is 7.00. The molecule has 0 radical (unpaired) electrons. The molecule has 2 N–H and O–H groups in total. The third-order valence-corrected chi connectivity index (χ3v) is 5.17. The van der Waals surface area contributed by atoms with Crippen LogP contribution in [0.3, 0.4) is 0 Å². The van der Waals surface area contributed by atoms with Gasteiger partial charge in [-0.3, -0.25) is 4.79 Å². The number of aliphatic carboxylic acids is 1. The molecule has 6 heteroatoms. The summed E-state index contributed by atoms with van der Waals surface area (Å²) in [5, 5.41) is 12.3. The molecule has 2 fully saturated rings. The van der Waals surface area contributed by atoms with Crippen molar-refractivity contribution >= 4 is 11.8 Å². The van der Waals surface area contributed by atoms with Crippen LogP contribution in [0.4, 0.5) is 5.82 Å². The van der Waals surface area contributed by atoms with Crippen LogP contribution in [-0.2, 0) is 11.2 Å². The Labute approximate surface area is 137 Å². The van der Waals surface area contributed by atoms with E-state index in [1.807, 2.05) is 6.92 Å². The lowest BCUT2D eigenvalue weighted by Crippen LogP contribution is -2.41. The van der Waals surface area contributed by atoms with Gasteiger partial charge in [-0.25, -0.2) is 9.97 Å². The summed E-state index contributed by atoms with van der Waals surface area (Å²) in [5.41, 5.74) is 1.17. The summed E-state index contributed by atoms with van der Waals surface area (Å²) in [7, 11) is 0. The maximum Gasteiger partial charge on any atom is 0.320 e. The average molecular weight is 318 g/mol. The zero-order valence-electron chi connectivity index (χ0n) is 14.0. The van der Waals surface area contributed by atoms with Gasteiger partial charge in [0, 0.05) is 37.8 Å². The van der Waals surface area contributed by atoms with E-state index in [1.54, 1.807) is 0 Å². The van der Waals surface area contributed by atoms with Gasteiger partial charge in [-0.1, -0.05) is 6.92 Å². The summed E-state index contributed by atoms with van der Waals surface area (Å²) in [6.45, 7) is 6.86. The molecule has 1 atom stereocenters. The van der Waals surface area contributed by atoms with Crippen molar-refractivity contribution in [2.75, 3.05) is 24.5 Å². The van der Waals surface area contributed by atoms with Crippen molar-refractivity contribution in [3.8, 4) is 0 Å². The molecule has 0 aromatic carbocycles. The summed E-state index contributed by atoms with van der Waals surface area (Å²) in [5.74, 6) is 1.23. The number of nitrogens with one attached hydrogen (secondary N) is 1. The van der Waals surface area contributed by atoms with Gasteiger partial charge < -0.3 is 15.3 Å². The molecule has 1 spiro atoms. The number of rotatable bonds is 4. The number of aryl methyl sites for hydroxylation is 2. The van der Waals surface area contributed by atoms with Crippen molar-refractivity contribution in [3.05, 3.63) is 17.6 Å². The van der Waals surface area contributed by atoms with Crippen molar-refractivity contribution in [3.63, 3.8) is 0 Å². The molecule has 23 heavy (non-hydrogen) atoms. The minimum Gasteiger partial charge on any atom is -0.480 e. The molecule has 2 saturated heterocycles. The zero-order valence-corrected chi connectivity index (χ0v) is 14.0. The van der Waals surface area contributed by atoms with E-state index in [4.69, 9.17) is 4.98 Å². The second-order valence-electron chi connectivity index (χ2n) is 7.00. The highest BCUT2D eigenvalue weighted by Crippen LogP contribution is 2.40. The van der Waals surface area contributed by atoms with Gasteiger partial charge >= 0.3 is 5.97 Å². The number of hydrogen-bond acceptors (Lipinski definition) is 5. The third-order valence-electron chi connectivity index (χ3n) is 5.17. The molecule has 3 heterocycles. The van der Waals surface area contributed by atoms with Crippen LogP contribution in [0.2, 0.25) is 0 Å². The SMILES string of the molecule is CCCc1nc(C)cc(N2CCC3(CC2)CNC(C(=O)O)C3)n1. The van der Waals surface area contributed by atoms with Crippen molar-refractivity contribution in [2.45, 2.75) is 52.0 Å². The van der Waals surface area contributed by atoms with Crippen molar-refractivity contribution < 1.29 is 9.90 Å². The van der Waals surface area contributed by atoms with Crippen LogP contribution >= 0.6 is 0 Å². The Morgan fingerprint density at radius 2 is 2.17 bits per heavy atom. The lowest BCUT2D eigenvalue weighted by atomic mass is 9.76. The van der Waals surface area contributed by atoms with E-state index in [0.717, 1.165) is 69.1 Å². The fourth-order valence-corrected chi connectivity index (χ4v) is 3.79. The lowest BCUT2D eigenvalue weighted by Gasteiger charge is -2.39. The number of carboxylic acid groups (broad SMARTS) is 1. The predicted octanol–water partition coefficient (Wildman–Crippen LogP) is 1.77. The summed E-state index contributed by atoms with van der Waals surface area (Å²) >= 11 is 0. The first-order valence-electron chi connectivity index (χ1n) is 8.57. The van der Waals surface area contributed by atoms with Gasteiger partial charge in [0.25, 0.3) is 0 Å². The van der Waals surface area contributed by atoms with Crippen molar-refractivity contribution in [1.29, 1.82) is 0 Å². The maximum atomic E-state index is 11.2. The van der Waals surface area contributed by atoms with Gasteiger partial charge in [-0.15, -0.1) is 0 Å². The Morgan fingerprint density at radius 1 is 1.43 bits per heavy atom. The topological polar surface area (TPSA) is 78.4 Å². The number of aromatic nitrogens is 2. The van der Waals surface area contributed by atoms with E-state index in [0.29, 0.717) is 0 Å². The first-order chi connectivity index (χ1) is 11.0. The molecule has 3 rings (SSSR count). The van der Waals surface area contributed by atoms with E-state index in [1.165, 1.54) is 0 Å². The third kappa shape index (κ3) is 3.47. The number of anilines is 1. The van der Waals surface area contributed by atoms with Gasteiger partial charge in [-0.05, 0) is 38.0 Å². The quantitative estimate of drug-likeness (QED) is 0.881. The molecule has 1 aromatic heterocycles. The first-order valence-corrected chi connectivity index (χ1v) is 8.57. The van der Waals surface area contributed by atoms with Crippen LogP contribution in [0.15, 0.2) is 6.07 Å². The van der Waals surface area contributed by atoms with Gasteiger partial charge in [-0.2, -0.15) is 0 Å². The van der Waals surface area contributed by atoms with E-state index < -0.39 is 5.97 Å². The smallest absolute Gasteiger partial charge is 0.320 e. The Bertz CT molecular complexity index is 582. The maximum absolute atomic E-state index is 11.2. The minimum atomic E-state index is -0.722. The fraction of sp³-hybridized carbons (Fsp3) is 0.706. The van der Waals surface area contributed by atoms with Crippen LogP contribution in [0.1, 0.15) is 44.1 Å². The summed E-state index contributed by atoms with van der Waals surface area (Å²) in [6.07, 6.45) is 4.76. The molecular formula is C17H26N4O2. The lowest BCUT2D eigenvalue weighted by molar-refractivity contribution is -0.139. The Hall–Kier alpha value is -1.69. The monoisotopic (exact) mass is 318 g/mol. The minimum absolute atomic E-state index is 0.147. The average Bonchev–Trinajstić information content (AvgIpc) is 2.92.